The summed E-state index contributed by atoms with van der Waals surface area (Å²) in [6.07, 6.45) is 3.13. The number of alkyl halides is 1. The summed E-state index contributed by atoms with van der Waals surface area (Å²) in [6.45, 7) is 5.56. The van der Waals surface area contributed by atoms with Crippen molar-refractivity contribution in [1.82, 2.24) is 4.98 Å². The number of nitrogens with zero attached hydrogens (tertiary/aromatic N) is 2. The third kappa shape index (κ3) is 4.20. The van der Waals surface area contributed by atoms with Crippen LogP contribution in [0.2, 0.25) is 0 Å². The lowest BCUT2D eigenvalue weighted by Gasteiger charge is -2.19. The van der Waals surface area contributed by atoms with E-state index in [2.05, 4.69) is 58.8 Å². The topological polar surface area (TPSA) is 16.1 Å². The van der Waals surface area contributed by atoms with E-state index in [9.17, 15) is 0 Å². The van der Waals surface area contributed by atoms with Crippen molar-refractivity contribution in [2.24, 2.45) is 5.92 Å². The van der Waals surface area contributed by atoms with E-state index in [1.54, 1.807) is 0 Å². The Morgan fingerprint density at radius 2 is 2.13 bits per heavy atom. The van der Waals surface area contributed by atoms with Gasteiger partial charge in [0.05, 0.1) is 0 Å². The van der Waals surface area contributed by atoms with Gasteiger partial charge in [-0.05, 0) is 24.0 Å². The number of halogens is 1. The maximum Gasteiger partial charge on any atom is 0.128 e. The van der Waals surface area contributed by atoms with Crippen molar-refractivity contribution in [2.45, 2.75) is 25.6 Å². The highest BCUT2D eigenvalue weighted by Crippen LogP contribution is 2.12. The predicted molar refractivity (Wildman–Crippen MR) is 69.6 cm³/mol. The summed E-state index contributed by atoms with van der Waals surface area (Å²) in [5.74, 6) is 1.80. The molecule has 0 saturated heterocycles. The minimum Gasteiger partial charge on any atom is -0.360 e. The van der Waals surface area contributed by atoms with Gasteiger partial charge in [0.25, 0.3) is 0 Å². The Hall–Kier alpha value is -0.570. The number of anilines is 1. The summed E-state index contributed by atoms with van der Waals surface area (Å²) < 4.78 is 0. The molecule has 0 atom stereocenters. The van der Waals surface area contributed by atoms with Crippen molar-refractivity contribution < 1.29 is 0 Å². The molecule has 0 unspecified atom stereocenters. The number of pyridine rings is 1. The molecule has 0 aliphatic carbocycles. The number of aromatic nitrogens is 1. The van der Waals surface area contributed by atoms with Crippen molar-refractivity contribution in [3.05, 3.63) is 23.9 Å². The van der Waals surface area contributed by atoms with Crippen molar-refractivity contribution in [1.29, 1.82) is 0 Å². The van der Waals surface area contributed by atoms with Crippen LogP contribution in [0.1, 0.15) is 25.8 Å². The first-order valence-corrected chi connectivity index (χ1v) is 6.47. The van der Waals surface area contributed by atoms with Gasteiger partial charge in [0.2, 0.25) is 0 Å². The van der Waals surface area contributed by atoms with Crippen LogP contribution in [0.15, 0.2) is 18.3 Å². The lowest BCUT2D eigenvalue weighted by molar-refractivity contribution is 0.583. The van der Waals surface area contributed by atoms with Crippen molar-refractivity contribution >= 4 is 21.7 Å². The number of hydrogen-bond donors (Lipinski definition) is 0. The van der Waals surface area contributed by atoms with Crippen LogP contribution >= 0.6 is 15.9 Å². The molecule has 15 heavy (non-hydrogen) atoms. The summed E-state index contributed by atoms with van der Waals surface area (Å²) in [5, 5.41) is 0.871. The Balaban J connectivity index is 2.54. The zero-order chi connectivity index (χ0) is 11.3. The highest BCUT2D eigenvalue weighted by atomic mass is 79.9. The smallest absolute Gasteiger partial charge is 0.128 e. The van der Waals surface area contributed by atoms with Gasteiger partial charge in [0.1, 0.15) is 5.82 Å². The molecule has 0 N–H and O–H groups in total. The molecular formula is C12H19BrN2. The minimum atomic E-state index is 0.745. The van der Waals surface area contributed by atoms with E-state index in [0.29, 0.717) is 0 Å². The maximum absolute atomic E-state index is 4.42. The van der Waals surface area contributed by atoms with Crippen molar-refractivity contribution in [2.75, 3.05) is 18.5 Å². The van der Waals surface area contributed by atoms with Gasteiger partial charge >= 0.3 is 0 Å². The first-order chi connectivity index (χ1) is 7.13. The SMILES string of the molecule is CC(C)CCN(C)c1ccc(CBr)cn1. The molecule has 1 rings (SSSR count). The van der Waals surface area contributed by atoms with Crippen LogP contribution in [0.3, 0.4) is 0 Å². The highest BCUT2D eigenvalue weighted by Gasteiger charge is 2.03. The quantitative estimate of drug-likeness (QED) is 0.762. The van der Waals surface area contributed by atoms with Crippen LogP contribution in [0.4, 0.5) is 5.82 Å². The molecule has 1 aromatic rings. The van der Waals surface area contributed by atoms with Gasteiger partial charge in [-0.25, -0.2) is 4.98 Å². The molecule has 0 bridgehead atoms. The molecule has 0 aromatic carbocycles. The van der Waals surface area contributed by atoms with E-state index in [-0.39, 0.29) is 0 Å². The zero-order valence-corrected chi connectivity index (χ0v) is 11.3. The normalized spacial score (nSPS) is 10.7. The minimum absolute atomic E-state index is 0.745. The predicted octanol–water partition coefficient (Wildman–Crippen LogP) is 3.46. The standard InChI is InChI=1S/C12H19BrN2/c1-10(2)6-7-15(3)12-5-4-11(8-13)9-14-12/h4-5,9-10H,6-8H2,1-3H3. The van der Waals surface area contributed by atoms with Gasteiger partial charge in [-0.2, -0.15) is 0 Å². The Morgan fingerprint density at radius 3 is 2.60 bits per heavy atom. The van der Waals surface area contributed by atoms with Gasteiger partial charge in [-0.1, -0.05) is 35.8 Å². The van der Waals surface area contributed by atoms with Crippen LogP contribution in [-0.2, 0) is 5.33 Å². The third-order valence-corrected chi connectivity index (χ3v) is 3.04. The van der Waals surface area contributed by atoms with Crippen LogP contribution in [0, 0.1) is 5.92 Å². The molecule has 3 heteroatoms. The number of rotatable bonds is 5. The van der Waals surface area contributed by atoms with Crippen LogP contribution in [0.5, 0.6) is 0 Å². The van der Waals surface area contributed by atoms with Crippen LogP contribution < -0.4 is 4.90 Å². The molecule has 0 saturated carbocycles. The van der Waals surface area contributed by atoms with E-state index in [0.717, 1.165) is 23.6 Å². The lowest BCUT2D eigenvalue weighted by atomic mass is 10.1. The second-order valence-corrected chi connectivity index (χ2v) is 4.82. The fraction of sp³-hybridized carbons (Fsp3) is 0.583. The molecule has 0 fully saturated rings. The molecular weight excluding hydrogens is 252 g/mol. The van der Waals surface area contributed by atoms with E-state index in [1.807, 2.05) is 6.20 Å². The highest BCUT2D eigenvalue weighted by molar-refractivity contribution is 9.08. The summed E-state index contributed by atoms with van der Waals surface area (Å²) in [7, 11) is 2.10. The van der Waals surface area contributed by atoms with Crippen LogP contribution in [0.25, 0.3) is 0 Å². The summed E-state index contributed by atoms with van der Waals surface area (Å²) in [6, 6.07) is 4.19. The molecule has 0 amide bonds. The van der Waals surface area contributed by atoms with E-state index >= 15 is 0 Å². The summed E-state index contributed by atoms with van der Waals surface area (Å²) in [5.41, 5.74) is 1.22. The van der Waals surface area contributed by atoms with Crippen molar-refractivity contribution in [3.63, 3.8) is 0 Å². The second kappa shape index (κ2) is 6.11. The van der Waals surface area contributed by atoms with Gasteiger partial charge in [0.15, 0.2) is 0 Å². The fourth-order valence-corrected chi connectivity index (χ4v) is 1.62. The van der Waals surface area contributed by atoms with Gasteiger partial charge in [-0.3, -0.25) is 0 Å². The lowest BCUT2D eigenvalue weighted by Crippen LogP contribution is -2.20. The van der Waals surface area contributed by atoms with E-state index < -0.39 is 0 Å². The molecule has 1 aromatic heterocycles. The first-order valence-electron chi connectivity index (χ1n) is 5.35. The van der Waals surface area contributed by atoms with Gasteiger partial charge in [-0.15, -0.1) is 0 Å². The molecule has 0 aliphatic heterocycles. The number of hydrogen-bond acceptors (Lipinski definition) is 2. The molecule has 84 valence electrons. The average molecular weight is 271 g/mol. The Bertz CT molecular complexity index is 282. The monoisotopic (exact) mass is 270 g/mol. The molecule has 1 heterocycles. The maximum atomic E-state index is 4.42. The second-order valence-electron chi connectivity index (χ2n) is 4.26. The van der Waals surface area contributed by atoms with Crippen LogP contribution in [-0.4, -0.2) is 18.6 Å². The fourth-order valence-electron chi connectivity index (χ4n) is 1.29. The van der Waals surface area contributed by atoms with E-state index in [1.165, 1.54) is 12.0 Å². The molecule has 0 radical (unpaired) electrons. The average Bonchev–Trinajstić information content (AvgIpc) is 2.26. The van der Waals surface area contributed by atoms with Crippen molar-refractivity contribution in [3.8, 4) is 0 Å². The Kier molecular flexibility index (Phi) is 5.09. The molecule has 0 spiro atoms. The summed E-state index contributed by atoms with van der Waals surface area (Å²) >= 11 is 3.42. The third-order valence-electron chi connectivity index (χ3n) is 2.40. The molecule has 2 nitrogen and oxygen atoms in total. The summed E-state index contributed by atoms with van der Waals surface area (Å²) in [4.78, 5) is 6.63. The van der Waals surface area contributed by atoms with Gasteiger partial charge < -0.3 is 4.90 Å². The zero-order valence-electron chi connectivity index (χ0n) is 9.70. The largest absolute Gasteiger partial charge is 0.360 e. The Labute approximate surface area is 101 Å². The van der Waals surface area contributed by atoms with Gasteiger partial charge in [0, 0.05) is 25.1 Å². The molecule has 0 aliphatic rings. The van der Waals surface area contributed by atoms with E-state index in [4.69, 9.17) is 0 Å². The first kappa shape index (κ1) is 12.5. The Morgan fingerprint density at radius 1 is 1.40 bits per heavy atom.